The lowest BCUT2D eigenvalue weighted by Gasteiger charge is -2.36. The molecule has 1 aliphatic rings. The Balaban J connectivity index is 1.99. The number of hydrogen-bond acceptors (Lipinski definition) is 4. The van der Waals surface area contributed by atoms with E-state index in [1.165, 1.54) is 38.5 Å². The lowest BCUT2D eigenvalue weighted by Crippen LogP contribution is -2.43. The van der Waals surface area contributed by atoms with E-state index in [9.17, 15) is 0 Å². The van der Waals surface area contributed by atoms with E-state index in [-0.39, 0.29) is 0 Å². The van der Waals surface area contributed by atoms with Crippen molar-refractivity contribution >= 4 is 11.8 Å². The average Bonchev–Trinajstić information content (AvgIpc) is 2.49. The highest BCUT2D eigenvalue weighted by Crippen LogP contribution is 2.37. The number of thioether (sulfide) groups is 1. The molecule has 1 aliphatic carbocycles. The van der Waals surface area contributed by atoms with E-state index in [1.54, 1.807) is 0 Å². The second kappa shape index (κ2) is 8.74. The fraction of sp³-hybridized carbons (Fsp3) is 0.765. The number of nitrogens with one attached hydrogen (secondary N) is 1. The van der Waals surface area contributed by atoms with Gasteiger partial charge in [0.1, 0.15) is 0 Å². The first-order valence-corrected chi connectivity index (χ1v) is 9.29. The molecule has 0 amide bonds. The summed E-state index contributed by atoms with van der Waals surface area (Å²) in [6.45, 7) is 7.69. The molecule has 0 bridgehead atoms. The van der Waals surface area contributed by atoms with Gasteiger partial charge in [0, 0.05) is 23.7 Å². The fourth-order valence-electron chi connectivity index (χ4n) is 3.15. The van der Waals surface area contributed by atoms with Crippen molar-refractivity contribution in [2.45, 2.75) is 75.7 Å². The number of nitrogens with zero attached hydrogens (tertiary/aromatic N) is 2. The van der Waals surface area contributed by atoms with Crippen LogP contribution >= 0.6 is 11.8 Å². The highest BCUT2D eigenvalue weighted by atomic mass is 32.2. The molecule has 1 fully saturated rings. The number of aryl methyl sites for hydroxylation is 1. The van der Waals surface area contributed by atoms with Crippen LogP contribution in [0.2, 0.25) is 0 Å². The zero-order valence-corrected chi connectivity index (χ0v) is 14.5. The maximum atomic E-state index is 4.48. The minimum Gasteiger partial charge on any atom is -0.313 e. The van der Waals surface area contributed by atoms with E-state index in [0.717, 1.165) is 23.2 Å². The van der Waals surface area contributed by atoms with Crippen molar-refractivity contribution in [2.75, 3.05) is 6.54 Å². The zero-order valence-electron chi connectivity index (χ0n) is 13.6. The Kier molecular flexibility index (Phi) is 6.97. The first-order chi connectivity index (χ1) is 10.2. The smallest absolute Gasteiger partial charge is 0.187 e. The van der Waals surface area contributed by atoms with E-state index in [0.29, 0.717) is 11.3 Å². The molecule has 3 nitrogen and oxygen atoms in total. The molecule has 0 aliphatic heterocycles. The molecular weight excluding hydrogens is 278 g/mol. The third-order valence-corrected chi connectivity index (χ3v) is 5.51. The molecular formula is C17H29N3S. The van der Waals surface area contributed by atoms with Crippen LogP contribution in [0.3, 0.4) is 0 Å². The third-order valence-electron chi connectivity index (χ3n) is 4.27. The summed E-state index contributed by atoms with van der Waals surface area (Å²) in [6.07, 6.45) is 11.7. The van der Waals surface area contributed by atoms with Crippen LogP contribution in [0.25, 0.3) is 0 Å². The highest BCUT2D eigenvalue weighted by molar-refractivity contribution is 7.99. The van der Waals surface area contributed by atoms with Crippen LogP contribution in [0.5, 0.6) is 0 Å². The predicted octanol–water partition coefficient (Wildman–Crippen LogP) is 4.21. The second-order valence-corrected chi connectivity index (χ2v) is 7.43. The Bertz CT molecular complexity index is 407. The van der Waals surface area contributed by atoms with Gasteiger partial charge in [-0.3, -0.25) is 0 Å². The molecule has 118 valence electrons. The molecule has 1 saturated carbocycles. The van der Waals surface area contributed by atoms with Gasteiger partial charge in [0.2, 0.25) is 0 Å². The van der Waals surface area contributed by atoms with Crippen LogP contribution in [-0.4, -0.2) is 27.8 Å². The van der Waals surface area contributed by atoms with Gasteiger partial charge in [-0.15, -0.1) is 0 Å². The molecule has 4 heteroatoms. The minimum atomic E-state index is 0.615. The van der Waals surface area contributed by atoms with E-state index in [4.69, 9.17) is 0 Å². The normalized spacial score (nSPS) is 26.0. The lowest BCUT2D eigenvalue weighted by molar-refractivity contribution is 0.287. The van der Waals surface area contributed by atoms with E-state index in [1.807, 2.05) is 31.1 Å². The Morgan fingerprint density at radius 3 is 2.62 bits per heavy atom. The zero-order chi connectivity index (χ0) is 15.1. The monoisotopic (exact) mass is 307 g/mol. The minimum absolute atomic E-state index is 0.615. The predicted molar refractivity (Wildman–Crippen MR) is 90.7 cm³/mol. The molecule has 1 heterocycles. The summed E-state index contributed by atoms with van der Waals surface area (Å²) in [4.78, 5) is 8.96. The standard InChI is InChI=1S/C17H29N3S/c1-4-6-14-7-8-15(18-9-5-2)16(10-14)21-17-19-11-13(3)12-20-17/h11-12,14-16,18H,4-10H2,1-3H3. The maximum Gasteiger partial charge on any atom is 0.187 e. The SMILES string of the molecule is CCCNC1CCC(CCC)CC1Sc1ncc(C)cn1. The van der Waals surface area contributed by atoms with Gasteiger partial charge in [0.15, 0.2) is 5.16 Å². The molecule has 1 aromatic rings. The Morgan fingerprint density at radius 1 is 1.19 bits per heavy atom. The van der Waals surface area contributed by atoms with Crippen molar-refractivity contribution in [2.24, 2.45) is 5.92 Å². The molecule has 3 unspecified atom stereocenters. The molecule has 0 radical (unpaired) electrons. The lowest BCUT2D eigenvalue weighted by atomic mass is 9.83. The molecule has 1 N–H and O–H groups in total. The Labute approximate surface area is 133 Å². The topological polar surface area (TPSA) is 37.8 Å². The Hall–Kier alpha value is -0.610. The van der Waals surface area contributed by atoms with E-state index >= 15 is 0 Å². The van der Waals surface area contributed by atoms with Crippen LogP contribution in [0, 0.1) is 12.8 Å². The summed E-state index contributed by atoms with van der Waals surface area (Å²) in [5.41, 5.74) is 1.13. The molecule has 0 saturated heterocycles. The van der Waals surface area contributed by atoms with Gasteiger partial charge >= 0.3 is 0 Å². The van der Waals surface area contributed by atoms with Crippen molar-refractivity contribution in [3.05, 3.63) is 18.0 Å². The molecule has 1 aromatic heterocycles. The Morgan fingerprint density at radius 2 is 1.95 bits per heavy atom. The van der Waals surface area contributed by atoms with Crippen LogP contribution in [0.4, 0.5) is 0 Å². The van der Waals surface area contributed by atoms with E-state index in [2.05, 4.69) is 29.1 Å². The summed E-state index contributed by atoms with van der Waals surface area (Å²) in [5, 5.41) is 5.29. The molecule has 3 atom stereocenters. The summed E-state index contributed by atoms with van der Waals surface area (Å²) in [7, 11) is 0. The van der Waals surface area contributed by atoms with Gasteiger partial charge in [0.25, 0.3) is 0 Å². The summed E-state index contributed by atoms with van der Waals surface area (Å²) in [5.74, 6) is 0.887. The van der Waals surface area contributed by atoms with Crippen LogP contribution in [-0.2, 0) is 0 Å². The van der Waals surface area contributed by atoms with Crippen LogP contribution in [0.15, 0.2) is 17.6 Å². The van der Waals surface area contributed by atoms with Crippen LogP contribution < -0.4 is 5.32 Å². The van der Waals surface area contributed by atoms with Gasteiger partial charge in [-0.25, -0.2) is 9.97 Å². The third kappa shape index (κ3) is 5.26. The van der Waals surface area contributed by atoms with Gasteiger partial charge in [-0.05, 0) is 50.6 Å². The summed E-state index contributed by atoms with van der Waals surface area (Å²) < 4.78 is 0. The molecule has 0 spiro atoms. The maximum absolute atomic E-state index is 4.48. The highest BCUT2D eigenvalue weighted by Gasteiger charge is 2.31. The number of rotatable bonds is 7. The number of hydrogen-bond donors (Lipinski definition) is 1. The summed E-state index contributed by atoms with van der Waals surface area (Å²) >= 11 is 1.88. The fourth-order valence-corrected chi connectivity index (χ4v) is 4.42. The second-order valence-electron chi connectivity index (χ2n) is 6.23. The largest absolute Gasteiger partial charge is 0.313 e. The molecule has 2 rings (SSSR count). The van der Waals surface area contributed by atoms with Gasteiger partial charge < -0.3 is 5.32 Å². The number of aromatic nitrogens is 2. The van der Waals surface area contributed by atoms with Crippen molar-refractivity contribution in [1.29, 1.82) is 0 Å². The van der Waals surface area contributed by atoms with Crippen molar-refractivity contribution in [3.8, 4) is 0 Å². The molecule has 0 aromatic carbocycles. The van der Waals surface area contributed by atoms with Crippen LogP contribution in [0.1, 0.15) is 57.9 Å². The van der Waals surface area contributed by atoms with Gasteiger partial charge in [-0.2, -0.15) is 0 Å². The van der Waals surface area contributed by atoms with Crippen molar-refractivity contribution < 1.29 is 0 Å². The first-order valence-electron chi connectivity index (χ1n) is 8.41. The van der Waals surface area contributed by atoms with E-state index < -0.39 is 0 Å². The van der Waals surface area contributed by atoms with Crippen molar-refractivity contribution in [3.63, 3.8) is 0 Å². The van der Waals surface area contributed by atoms with Gasteiger partial charge in [-0.1, -0.05) is 38.5 Å². The van der Waals surface area contributed by atoms with Gasteiger partial charge in [0.05, 0.1) is 0 Å². The molecule has 21 heavy (non-hydrogen) atoms. The summed E-state index contributed by atoms with van der Waals surface area (Å²) in [6, 6.07) is 0.618. The first kappa shape index (κ1) is 16.8. The van der Waals surface area contributed by atoms with Crippen molar-refractivity contribution in [1.82, 2.24) is 15.3 Å². The quantitative estimate of drug-likeness (QED) is 0.766. The average molecular weight is 308 g/mol.